The van der Waals surface area contributed by atoms with Crippen molar-refractivity contribution >= 4 is 5.97 Å². The molecule has 0 saturated carbocycles. The zero-order valence-electron chi connectivity index (χ0n) is 18.0. The minimum absolute atomic E-state index is 0.0510. The van der Waals surface area contributed by atoms with Crippen molar-refractivity contribution in [3.8, 4) is 17.1 Å². The normalized spacial score (nSPS) is 11.5. The summed E-state index contributed by atoms with van der Waals surface area (Å²) in [5, 5.41) is 9.01. The van der Waals surface area contributed by atoms with Gasteiger partial charge in [0.25, 0.3) is 0 Å². The Balaban J connectivity index is 1.63. The van der Waals surface area contributed by atoms with Crippen LogP contribution in [0.15, 0.2) is 52.9 Å². The minimum atomic E-state index is -4.37. The Morgan fingerprint density at radius 1 is 1.09 bits per heavy atom. The molecule has 0 fully saturated rings. The minimum Gasteiger partial charge on any atom is -0.493 e. The van der Waals surface area contributed by atoms with Gasteiger partial charge in [-0.2, -0.15) is 13.2 Å². The van der Waals surface area contributed by atoms with Crippen LogP contribution in [0.4, 0.5) is 13.2 Å². The highest BCUT2D eigenvalue weighted by Crippen LogP contribution is 2.32. The first-order valence-electron chi connectivity index (χ1n) is 10.4. The molecule has 3 rings (SSSR count). The van der Waals surface area contributed by atoms with Crippen LogP contribution in [-0.4, -0.2) is 17.7 Å². The van der Waals surface area contributed by atoms with Crippen LogP contribution in [0.2, 0.25) is 0 Å². The van der Waals surface area contributed by atoms with Crippen molar-refractivity contribution in [1.82, 2.24) is 0 Å². The third-order valence-corrected chi connectivity index (χ3v) is 5.30. The van der Waals surface area contributed by atoms with Crippen LogP contribution < -0.4 is 4.74 Å². The van der Waals surface area contributed by atoms with Gasteiger partial charge in [-0.1, -0.05) is 31.2 Å². The summed E-state index contributed by atoms with van der Waals surface area (Å²) < 4.78 is 50.1. The van der Waals surface area contributed by atoms with Gasteiger partial charge in [0.2, 0.25) is 0 Å². The Morgan fingerprint density at radius 3 is 2.44 bits per heavy atom. The van der Waals surface area contributed by atoms with Crippen molar-refractivity contribution in [3.63, 3.8) is 0 Å². The summed E-state index contributed by atoms with van der Waals surface area (Å²) in [5.41, 5.74) is 2.45. The van der Waals surface area contributed by atoms with E-state index in [4.69, 9.17) is 14.3 Å². The van der Waals surface area contributed by atoms with Crippen LogP contribution in [0.1, 0.15) is 41.4 Å². The van der Waals surface area contributed by atoms with Gasteiger partial charge in [-0.25, -0.2) is 0 Å². The molecule has 0 aliphatic rings. The van der Waals surface area contributed by atoms with Gasteiger partial charge < -0.3 is 14.3 Å². The number of hydrogen-bond donors (Lipinski definition) is 1. The number of aliphatic carboxylic acids is 1. The molecule has 170 valence electrons. The molecule has 0 bridgehead atoms. The van der Waals surface area contributed by atoms with Crippen LogP contribution in [0.3, 0.4) is 0 Å². The summed E-state index contributed by atoms with van der Waals surface area (Å²) in [4.78, 5) is 11.0. The summed E-state index contributed by atoms with van der Waals surface area (Å²) in [6, 6.07) is 12.2. The number of carboxylic acids is 1. The zero-order chi connectivity index (χ0) is 23.3. The molecule has 0 unspecified atom stereocenters. The van der Waals surface area contributed by atoms with Crippen molar-refractivity contribution in [2.75, 3.05) is 6.61 Å². The lowest BCUT2D eigenvalue weighted by Crippen LogP contribution is -2.05. The molecular weight excluding hydrogens is 421 g/mol. The first-order valence-corrected chi connectivity index (χ1v) is 10.4. The van der Waals surface area contributed by atoms with E-state index in [0.29, 0.717) is 42.9 Å². The van der Waals surface area contributed by atoms with Gasteiger partial charge in [0.1, 0.15) is 17.3 Å². The Morgan fingerprint density at radius 2 is 1.81 bits per heavy atom. The van der Waals surface area contributed by atoms with Gasteiger partial charge in [-0.05, 0) is 60.7 Å². The second kappa shape index (κ2) is 9.94. The average molecular weight is 446 g/mol. The lowest BCUT2D eigenvalue weighted by Gasteiger charge is -2.11. The second-order valence-corrected chi connectivity index (χ2v) is 7.55. The second-order valence-electron chi connectivity index (χ2n) is 7.55. The Labute approximate surface area is 184 Å². The molecule has 0 amide bonds. The van der Waals surface area contributed by atoms with E-state index in [0.717, 1.165) is 34.6 Å². The molecule has 0 saturated heterocycles. The standard InChI is InChI=1S/C25H25F3O4/c1-3-21-19(14-23(32-21)17-9-11-20(12-10-17)25(26,27)28)7-5-13-31-22-8-4-6-18(16(22)2)15-24(29)30/h4,6,8-12,14H,3,5,7,13,15H2,1-2H3,(H,29,30). The molecule has 0 aliphatic heterocycles. The number of carbonyl (C=O) groups is 1. The van der Waals surface area contributed by atoms with Gasteiger partial charge in [0, 0.05) is 12.0 Å². The number of aryl methyl sites for hydroxylation is 2. The van der Waals surface area contributed by atoms with E-state index in [-0.39, 0.29) is 6.42 Å². The smallest absolute Gasteiger partial charge is 0.416 e. The van der Waals surface area contributed by atoms with Crippen molar-refractivity contribution in [1.29, 1.82) is 0 Å². The molecule has 7 heteroatoms. The summed E-state index contributed by atoms with van der Waals surface area (Å²) in [6.07, 6.45) is -2.34. The van der Waals surface area contributed by atoms with E-state index in [2.05, 4.69) is 0 Å². The van der Waals surface area contributed by atoms with Crippen molar-refractivity contribution < 1.29 is 32.2 Å². The van der Waals surface area contributed by atoms with Crippen LogP contribution >= 0.6 is 0 Å². The van der Waals surface area contributed by atoms with E-state index in [1.54, 1.807) is 12.1 Å². The molecule has 4 nitrogen and oxygen atoms in total. The molecule has 0 spiro atoms. The Bertz CT molecular complexity index is 1070. The number of alkyl halides is 3. The largest absolute Gasteiger partial charge is 0.493 e. The molecule has 2 aromatic carbocycles. The van der Waals surface area contributed by atoms with Crippen molar-refractivity contribution in [2.24, 2.45) is 0 Å². The fraction of sp³-hybridized carbons (Fsp3) is 0.320. The number of halogens is 3. The maximum atomic E-state index is 12.8. The Kier molecular flexibility index (Phi) is 7.28. The molecular formula is C25H25F3O4. The quantitative estimate of drug-likeness (QED) is 0.383. The summed E-state index contributed by atoms with van der Waals surface area (Å²) in [5.74, 6) is 1.13. The molecule has 3 aromatic rings. The number of rotatable bonds is 9. The van der Waals surface area contributed by atoms with Crippen LogP contribution in [0.25, 0.3) is 11.3 Å². The molecule has 32 heavy (non-hydrogen) atoms. The lowest BCUT2D eigenvalue weighted by molar-refractivity contribution is -0.138. The number of carboxylic acid groups (broad SMARTS) is 1. The van der Waals surface area contributed by atoms with E-state index in [1.165, 1.54) is 12.1 Å². The van der Waals surface area contributed by atoms with Crippen LogP contribution in [-0.2, 0) is 30.2 Å². The van der Waals surface area contributed by atoms with Gasteiger partial charge in [-0.15, -0.1) is 0 Å². The third kappa shape index (κ3) is 5.72. The number of furan rings is 1. The molecule has 0 aliphatic carbocycles. The molecule has 0 radical (unpaired) electrons. The lowest BCUT2D eigenvalue weighted by atomic mass is 10.0. The first-order chi connectivity index (χ1) is 15.2. The van der Waals surface area contributed by atoms with E-state index < -0.39 is 17.7 Å². The highest BCUT2D eigenvalue weighted by atomic mass is 19.4. The monoisotopic (exact) mass is 446 g/mol. The van der Waals surface area contributed by atoms with E-state index in [1.807, 2.05) is 26.0 Å². The highest BCUT2D eigenvalue weighted by Gasteiger charge is 2.30. The number of hydrogen-bond acceptors (Lipinski definition) is 3. The predicted molar refractivity (Wildman–Crippen MR) is 115 cm³/mol. The van der Waals surface area contributed by atoms with Crippen molar-refractivity contribution in [3.05, 3.63) is 76.5 Å². The maximum absolute atomic E-state index is 12.8. The molecule has 1 N–H and O–H groups in total. The summed E-state index contributed by atoms with van der Waals surface area (Å²) in [7, 11) is 0. The zero-order valence-corrected chi connectivity index (χ0v) is 18.0. The summed E-state index contributed by atoms with van der Waals surface area (Å²) >= 11 is 0. The van der Waals surface area contributed by atoms with Crippen LogP contribution in [0, 0.1) is 6.92 Å². The van der Waals surface area contributed by atoms with Gasteiger partial charge in [-0.3, -0.25) is 4.79 Å². The molecule has 1 aromatic heterocycles. The number of ether oxygens (including phenoxy) is 1. The predicted octanol–water partition coefficient (Wildman–Crippen LogP) is 6.47. The molecule has 0 atom stereocenters. The van der Waals surface area contributed by atoms with Crippen LogP contribution in [0.5, 0.6) is 5.75 Å². The van der Waals surface area contributed by atoms with E-state index >= 15 is 0 Å². The fourth-order valence-corrected chi connectivity index (χ4v) is 3.56. The average Bonchev–Trinajstić information content (AvgIpc) is 3.16. The number of benzene rings is 2. The summed E-state index contributed by atoms with van der Waals surface area (Å²) in [6.45, 7) is 4.25. The van der Waals surface area contributed by atoms with Gasteiger partial charge in [0.15, 0.2) is 0 Å². The van der Waals surface area contributed by atoms with Crippen molar-refractivity contribution in [2.45, 2.75) is 45.7 Å². The van der Waals surface area contributed by atoms with Gasteiger partial charge in [0.05, 0.1) is 18.6 Å². The Hall–Kier alpha value is -3.22. The maximum Gasteiger partial charge on any atom is 0.416 e. The van der Waals surface area contributed by atoms with E-state index in [9.17, 15) is 18.0 Å². The topological polar surface area (TPSA) is 59.7 Å². The molecule has 1 heterocycles. The SMILES string of the molecule is CCc1oc(-c2ccc(C(F)(F)F)cc2)cc1CCCOc1cccc(CC(=O)O)c1C. The fourth-order valence-electron chi connectivity index (χ4n) is 3.56. The third-order valence-electron chi connectivity index (χ3n) is 5.30. The van der Waals surface area contributed by atoms with Gasteiger partial charge >= 0.3 is 12.1 Å². The highest BCUT2D eigenvalue weighted by molar-refractivity contribution is 5.71. The first kappa shape index (κ1) is 23.4.